The molecule has 6 heteroatoms. The van der Waals surface area contributed by atoms with E-state index in [1.54, 1.807) is 18.2 Å². The van der Waals surface area contributed by atoms with E-state index >= 15 is 0 Å². The molecule has 1 aromatic heterocycles. The summed E-state index contributed by atoms with van der Waals surface area (Å²) in [7, 11) is 1.93. The van der Waals surface area contributed by atoms with Crippen LogP contribution >= 0.6 is 11.6 Å². The Kier molecular flexibility index (Phi) is 4.45. The number of amides is 1. The standard InChI is InChI=1S/C16H18ClN3O2/c1-18-9-11-5-6-20(10-11)16(21)14-8-15(22-19-14)12-3-2-4-13(17)7-12/h2-4,7-8,11,18H,5-6,9-10H2,1H3. The van der Waals surface area contributed by atoms with Crippen molar-refractivity contribution >= 4 is 17.5 Å². The molecule has 2 heterocycles. The summed E-state index contributed by atoms with van der Waals surface area (Å²) in [6.07, 6.45) is 1.02. The van der Waals surface area contributed by atoms with Gasteiger partial charge in [0.25, 0.3) is 5.91 Å². The van der Waals surface area contributed by atoms with Gasteiger partial charge in [0, 0.05) is 29.7 Å². The molecule has 0 spiro atoms. The molecule has 1 aliphatic heterocycles. The Bertz CT molecular complexity index is 671. The zero-order valence-corrected chi connectivity index (χ0v) is 13.1. The van der Waals surface area contributed by atoms with Crippen molar-refractivity contribution in [1.82, 2.24) is 15.4 Å². The summed E-state index contributed by atoms with van der Waals surface area (Å²) in [6, 6.07) is 8.97. The van der Waals surface area contributed by atoms with Gasteiger partial charge in [0.15, 0.2) is 11.5 Å². The van der Waals surface area contributed by atoms with Crippen LogP contribution in [0.3, 0.4) is 0 Å². The number of likely N-dealkylation sites (tertiary alicyclic amines) is 1. The quantitative estimate of drug-likeness (QED) is 0.941. The number of nitrogens with zero attached hydrogens (tertiary/aromatic N) is 2. The van der Waals surface area contributed by atoms with Gasteiger partial charge < -0.3 is 14.7 Å². The lowest BCUT2D eigenvalue weighted by Gasteiger charge is -2.14. The fourth-order valence-corrected chi connectivity index (χ4v) is 2.98. The summed E-state index contributed by atoms with van der Waals surface area (Å²) in [5.74, 6) is 0.987. The van der Waals surface area contributed by atoms with Crippen molar-refractivity contribution in [2.45, 2.75) is 6.42 Å². The lowest BCUT2D eigenvalue weighted by molar-refractivity contribution is 0.0777. The molecule has 116 valence electrons. The number of halogens is 1. The van der Waals surface area contributed by atoms with Crippen molar-refractivity contribution < 1.29 is 9.32 Å². The molecule has 0 bridgehead atoms. The number of hydrogen-bond acceptors (Lipinski definition) is 4. The van der Waals surface area contributed by atoms with E-state index in [0.29, 0.717) is 22.4 Å². The second-order valence-corrected chi connectivity index (χ2v) is 5.99. The van der Waals surface area contributed by atoms with Crippen LogP contribution in [-0.2, 0) is 0 Å². The molecular weight excluding hydrogens is 302 g/mol. The predicted molar refractivity (Wildman–Crippen MR) is 84.9 cm³/mol. The van der Waals surface area contributed by atoms with Crippen LogP contribution in [0.4, 0.5) is 0 Å². The highest BCUT2D eigenvalue weighted by Gasteiger charge is 2.28. The van der Waals surface area contributed by atoms with E-state index in [2.05, 4.69) is 10.5 Å². The maximum atomic E-state index is 12.5. The van der Waals surface area contributed by atoms with Gasteiger partial charge in [-0.15, -0.1) is 0 Å². The largest absolute Gasteiger partial charge is 0.355 e. The molecule has 1 saturated heterocycles. The first-order chi connectivity index (χ1) is 10.7. The first-order valence-electron chi connectivity index (χ1n) is 7.34. The second-order valence-electron chi connectivity index (χ2n) is 5.55. The van der Waals surface area contributed by atoms with Crippen molar-refractivity contribution in [1.29, 1.82) is 0 Å². The van der Waals surface area contributed by atoms with Gasteiger partial charge in [-0.3, -0.25) is 4.79 Å². The summed E-state index contributed by atoms with van der Waals surface area (Å²) in [4.78, 5) is 14.3. The highest BCUT2D eigenvalue weighted by molar-refractivity contribution is 6.30. The third-order valence-electron chi connectivity index (χ3n) is 3.90. The third kappa shape index (κ3) is 3.15. The number of rotatable bonds is 4. The van der Waals surface area contributed by atoms with Crippen molar-refractivity contribution in [3.8, 4) is 11.3 Å². The Morgan fingerprint density at radius 2 is 2.36 bits per heavy atom. The molecule has 0 radical (unpaired) electrons. The highest BCUT2D eigenvalue weighted by Crippen LogP contribution is 2.25. The molecular formula is C16H18ClN3O2. The Balaban J connectivity index is 1.72. The average Bonchev–Trinajstić information content (AvgIpc) is 3.16. The topological polar surface area (TPSA) is 58.4 Å². The lowest BCUT2D eigenvalue weighted by atomic mass is 10.1. The number of aromatic nitrogens is 1. The monoisotopic (exact) mass is 319 g/mol. The molecule has 5 nitrogen and oxygen atoms in total. The summed E-state index contributed by atoms with van der Waals surface area (Å²) >= 11 is 5.97. The number of nitrogens with one attached hydrogen (secondary N) is 1. The molecule has 3 rings (SSSR count). The third-order valence-corrected chi connectivity index (χ3v) is 4.14. The summed E-state index contributed by atoms with van der Waals surface area (Å²) in [5, 5.41) is 7.69. The Hall–Kier alpha value is -1.85. The van der Waals surface area contributed by atoms with Crippen molar-refractivity contribution in [2.75, 3.05) is 26.7 Å². The fraction of sp³-hybridized carbons (Fsp3) is 0.375. The van der Waals surface area contributed by atoms with Crippen LogP contribution in [0.15, 0.2) is 34.9 Å². The predicted octanol–water partition coefficient (Wildman–Crippen LogP) is 2.68. The van der Waals surface area contributed by atoms with Crippen LogP contribution in [0.1, 0.15) is 16.9 Å². The van der Waals surface area contributed by atoms with E-state index in [1.807, 2.05) is 24.1 Å². The van der Waals surface area contributed by atoms with Crippen LogP contribution in [0.25, 0.3) is 11.3 Å². The average molecular weight is 320 g/mol. The molecule has 1 unspecified atom stereocenters. The normalized spacial score (nSPS) is 17.9. The van der Waals surface area contributed by atoms with Gasteiger partial charge in [-0.05, 0) is 38.1 Å². The minimum atomic E-state index is -0.0735. The molecule has 1 N–H and O–H groups in total. The smallest absolute Gasteiger partial charge is 0.276 e. The zero-order valence-electron chi connectivity index (χ0n) is 12.4. The molecule has 1 atom stereocenters. The molecule has 0 aliphatic carbocycles. The van der Waals surface area contributed by atoms with Crippen LogP contribution in [0.5, 0.6) is 0 Å². The Morgan fingerprint density at radius 3 is 3.14 bits per heavy atom. The van der Waals surface area contributed by atoms with Gasteiger partial charge in [0.05, 0.1) is 0 Å². The number of carbonyl (C=O) groups is 1. The van der Waals surface area contributed by atoms with E-state index in [0.717, 1.165) is 31.6 Å². The van der Waals surface area contributed by atoms with Crippen LogP contribution < -0.4 is 5.32 Å². The van der Waals surface area contributed by atoms with Crippen molar-refractivity contribution in [3.05, 3.63) is 41.0 Å². The minimum absolute atomic E-state index is 0.0735. The molecule has 1 amide bonds. The van der Waals surface area contributed by atoms with E-state index in [9.17, 15) is 4.79 Å². The van der Waals surface area contributed by atoms with E-state index in [4.69, 9.17) is 16.1 Å². The molecule has 22 heavy (non-hydrogen) atoms. The van der Waals surface area contributed by atoms with Crippen molar-refractivity contribution in [2.24, 2.45) is 5.92 Å². The van der Waals surface area contributed by atoms with Gasteiger partial charge in [-0.2, -0.15) is 0 Å². The van der Waals surface area contributed by atoms with Gasteiger partial charge >= 0.3 is 0 Å². The molecule has 1 aliphatic rings. The maximum absolute atomic E-state index is 12.5. The first-order valence-corrected chi connectivity index (χ1v) is 7.71. The Morgan fingerprint density at radius 1 is 1.50 bits per heavy atom. The van der Waals surface area contributed by atoms with E-state index in [1.165, 1.54) is 0 Å². The van der Waals surface area contributed by atoms with Crippen molar-refractivity contribution in [3.63, 3.8) is 0 Å². The Labute approximate surface area is 134 Å². The SMILES string of the molecule is CNCC1CCN(C(=O)c2cc(-c3cccc(Cl)c3)on2)C1. The maximum Gasteiger partial charge on any atom is 0.276 e. The van der Waals surface area contributed by atoms with E-state index < -0.39 is 0 Å². The number of hydrogen-bond donors (Lipinski definition) is 1. The van der Waals surface area contributed by atoms with Gasteiger partial charge in [0.2, 0.25) is 0 Å². The molecule has 1 fully saturated rings. The summed E-state index contributed by atoms with van der Waals surface area (Å²) < 4.78 is 5.29. The number of benzene rings is 1. The highest BCUT2D eigenvalue weighted by atomic mass is 35.5. The van der Waals surface area contributed by atoms with Gasteiger partial charge in [-0.1, -0.05) is 28.9 Å². The van der Waals surface area contributed by atoms with Gasteiger partial charge in [0.1, 0.15) is 0 Å². The second kappa shape index (κ2) is 6.50. The fourth-order valence-electron chi connectivity index (χ4n) is 2.79. The van der Waals surface area contributed by atoms with Crippen LogP contribution in [-0.4, -0.2) is 42.6 Å². The zero-order chi connectivity index (χ0) is 15.5. The molecule has 0 saturated carbocycles. The van der Waals surface area contributed by atoms with Crippen LogP contribution in [0, 0.1) is 5.92 Å². The van der Waals surface area contributed by atoms with Gasteiger partial charge in [-0.25, -0.2) is 0 Å². The number of carbonyl (C=O) groups excluding carboxylic acids is 1. The minimum Gasteiger partial charge on any atom is -0.355 e. The lowest BCUT2D eigenvalue weighted by Crippen LogP contribution is -2.30. The van der Waals surface area contributed by atoms with Crippen LogP contribution in [0.2, 0.25) is 5.02 Å². The first kappa shape index (κ1) is 15.1. The summed E-state index contributed by atoms with van der Waals surface area (Å²) in [5.41, 5.74) is 1.16. The van der Waals surface area contributed by atoms with E-state index in [-0.39, 0.29) is 5.91 Å². The summed E-state index contributed by atoms with van der Waals surface area (Å²) in [6.45, 7) is 2.46. The molecule has 1 aromatic carbocycles. The molecule has 2 aromatic rings.